The SMILES string of the molecule is O=C(c1ccc([N+](=O)[O-])cc1)C1CCN([C@@H]2Cc3ccccc3C[C@H]2O)CC1. The number of carbonyl (C=O) groups is 1. The van der Waals surface area contributed by atoms with Gasteiger partial charge in [0, 0.05) is 36.1 Å². The zero-order chi connectivity index (χ0) is 19.7. The largest absolute Gasteiger partial charge is 0.391 e. The standard InChI is InChI=1S/C22H24N2O4/c25-21-14-18-4-2-1-3-17(18)13-20(21)23-11-9-16(10-12-23)22(26)15-5-7-19(8-6-15)24(27)28/h1-8,16,20-21,25H,9-14H2/t20-,21-/m1/s1. The van der Waals surface area contributed by atoms with E-state index < -0.39 is 4.92 Å². The molecule has 6 heteroatoms. The number of nitrogens with zero attached hydrogens (tertiary/aromatic N) is 2. The summed E-state index contributed by atoms with van der Waals surface area (Å²) in [4.78, 5) is 25.4. The summed E-state index contributed by atoms with van der Waals surface area (Å²) in [5, 5.41) is 21.4. The van der Waals surface area contributed by atoms with Crippen LogP contribution in [0.1, 0.15) is 34.3 Å². The molecule has 4 rings (SSSR count). The highest BCUT2D eigenvalue weighted by Gasteiger charge is 2.35. The quantitative estimate of drug-likeness (QED) is 0.501. The smallest absolute Gasteiger partial charge is 0.269 e. The predicted molar refractivity (Wildman–Crippen MR) is 105 cm³/mol. The Balaban J connectivity index is 1.38. The molecule has 146 valence electrons. The first kappa shape index (κ1) is 18.8. The molecule has 1 fully saturated rings. The van der Waals surface area contributed by atoms with Crippen LogP contribution < -0.4 is 0 Å². The predicted octanol–water partition coefficient (Wildman–Crippen LogP) is 3.02. The molecule has 0 unspecified atom stereocenters. The number of aliphatic hydroxyl groups excluding tert-OH is 1. The Kier molecular flexibility index (Phi) is 5.24. The summed E-state index contributed by atoms with van der Waals surface area (Å²) in [5.74, 6) is -0.00480. The van der Waals surface area contributed by atoms with E-state index in [4.69, 9.17) is 0 Å². The second-order valence-electron chi connectivity index (χ2n) is 7.79. The fraction of sp³-hybridized carbons (Fsp3) is 0.409. The molecule has 1 aliphatic carbocycles. The van der Waals surface area contributed by atoms with Gasteiger partial charge in [-0.15, -0.1) is 0 Å². The highest BCUT2D eigenvalue weighted by atomic mass is 16.6. The third-order valence-corrected chi connectivity index (χ3v) is 6.15. The van der Waals surface area contributed by atoms with Crippen molar-refractivity contribution in [2.75, 3.05) is 13.1 Å². The van der Waals surface area contributed by atoms with E-state index in [1.54, 1.807) is 12.1 Å². The third-order valence-electron chi connectivity index (χ3n) is 6.15. The summed E-state index contributed by atoms with van der Waals surface area (Å²) in [6.45, 7) is 1.57. The number of carbonyl (C=O) groups excluding carboxylic acids is 1. The topological polar surface area (TPSA) is 83.7 Å². The number of nitro benzene ring substituents is 1. The van der Waals surface area contributed by atoms with Gasteiger partial charge in [-0.25, -0.2) is 0 Å². The lowest BCUT2D eigenvalue weighted by Gasteiger charge is -2.41. The number of benzene rings is 2. The molecule has 2 aliphatic rings. The van der Waals surface area contributed by atoms with Crippen LogP contribution in [0.5, 0.6) is 0 Å². The average molecular weight is 380 g/mol. The Morgan fingerprint density at radius 3 is 2.21 bits per heavy atom. The fourth-order valence-corrected chi connectivity index (χ4v) is 4.53. The lowest BCUT2D eigenvalue weighted by atomic mass is 9.83. The van der Waals surface area contributed by atoms with Crippen LogP contribution in [0.15, 0.2) is 48.5 Å². The number of piperidine rings is 1. The molecule has 0 saturated carbocycles. The number of hydrogen-bond donors (Lipinski definition) is 1. The minimum atomic E-state index is -0.458. The molecule has 0 spiro atoms. The molecule has 6 nitrogen and oxygen atoms in total. The monoisotopic (exact) mass is 380 g/mol. The van der Waals surface area contributed by atoms with Gasteiger partial charge in [-0.2, -0.15) is 0 Å². The lowest BCUT2D eigenvalue weighted by Crippen LogP contribution is -2.51. The van der Waals surface area contributed by atoms with Gasteiger partial charge < -0.3 is 5.11 Å². The van der Waals surface area contributed by atoms with Gasteiger partial charge in [0.1, 0.15) is 0 Å². The van der Waals surface area contributed by atoms with Crippen molar-refractivity contribution in [1.82, 2.24) is 4.90 Å². The Morgan fingerprint density at radius 1 is 1.00 bits per heavy atom. The summed E-state index contributed by atoms with van der Waals surface area (Å²) in [5.41, 5.74) is 3.07. The van der Waals surface area contributed by atoms with Crippen molar-refractivity contribution in [3.8, 4) is 0 Å². The van der Waals surface area contributed by atoms with Crippen LogP contribution in [0.3, 0.4) is 0 Å². The van der Waals surface area contributed by atoms with Gasteiger partial charge in [-0.3, -0.25) is 19.8 Å². The number of hydrogen-bond acceptors (Lipinski definition) is 5. The molecule has 2 atom stereocenters. The Hall–Kier alpha value is -2.57. The average Bonchev–Trinajstić information content (AvgIpc) is 2.73. The van der Waals surface area contributed by atoms with Crippen molar-refractivity contribution in [2.24, 2.45) is 5.92 Å². The molecular weight excluding hydrogens is 356 g/mol. The lowest BCUT2D eigenvalue weighted by molar-refractivity contribution is -0.384. The summed E-state index contributed by atoms with van der Waals surface area (Å²) < 4.78 is 0. The number of aliphatic hydroxyl groups is 1. The summed E-state index contributed by atoms with van der Waals surface area (Å²) in [7, 11) is 0. The first-order valence-corrected chi connectivity index (χ1v) is 9.80. The maximum atomic E-state index is 12.8. The van der Waals surface area contributed by atoms with Gasteiger partial charge in [0.2, 0.25) is 0 Å². The molecule has 1 aliphatic heterocycles. The van der Waals surface area contributed by atoms with Crippen molar-refractivity contribution in [3.63, 3.8) is 0 Å². The van der Waals surface area contributed by atoms with Gasteiger partial charge in [-0.1, -0.05) is 24.3 Å². The van der Waals surface area contributed by atoms with E-state index in [2.05, 4.69) is 17.0 Å². The van der Waals surface area contributed by atoms with Crippen molar-refractivity contribution in [3.05, 3.63) is 75.3 Å². The van der Waals surface area contributed by atoms with Gasteiger partial charge in [-0.05, 0) is 55.6 Å². The van der Waals surface area contributed by atoms with Crippen LogP contribution >= 0.6 is 0 Å². The Labute approximate surface area is 163 Å². The third kappa shape index (κ3) is 3.70. The molecule has 0 aromatic heterocycles. The molecule has 0 amide bonds. The van der Waals surface area contributed by atoms with Crippen LogP contribution in [-0.4, -0.2) is 45.9 Å². The second kappa shape index (κ2) is 7.81. The number of nitro groups is 1. The fourth-order valence-electron chi connectivity index (χ4n) is 4.53. The van der Waals surface area contributed by atoms with E-state index >= 15 is 0 Å². The molecule has 0 bridgehead atoms. The van der Waals surface area contributed by atoms with E-state index in [0.717, 1.165) is 32.4 Å². The molecule has 2 aromatic rings. The molecular formula is C22H24N2O4. The van der Waals surface area contributed by atoms with Crippen molar-refractivity contribution >= 4 is 11.5 Å². The number of rotatable bonds is 4. The summed E-state index contributed by atoms with van der Waals surface area (Å²) >= 11 is 0. The van der Waals surface area contributed by atoms with Crippen LogP contribution in [0.25, 0.3) is 0 Å². The number of ketones is 1. The van der Waals surface area contributed by atoms with Gasteiger partial charge in [0.05, 0.1) is 11.0 Å². The van der Waals surface area contributed by atoms with Gasteiger partial charge in [0.25, 0.3) is 5.69 Å². The van der Waals surface area contributed by atoms with Crippen LogP contribution in [-0.2, 0) is 12.8 Å². The zero-order valence-corrected chi connectivity index (χ0v) is 15.7. The molecule has 1 N–H and O–H groups in total. The number of Topliss-reactive ketones (excluding diaryl/α,β-unsaturated/α-hetero) is 1. The Morgan fingerprint density at radius 2 is 1.61 bits per heavy atom. The van der Waals surface area contributed by atoms with Crippen molar-refractivity contribution in [2.45, 2.75) is 37.8 Å². The minimum absolute atomic E-state index is 0.00191. The molecule has 28 heavy (non-hydrogen) atoms. The van der Waals surface area contributed by atoms with Gasteiger partial charge >= 0.3 is 0 Å². The summed E-state index contributed by atoms with van der Waals surface area (Å²) in [6, 6.07) is 14.3. The normalized spacial score (nSPS) is 23.2. The van der Waals surface area contributed by atoms with Crippen LogP contribution in [0, 0.1) is 16.0 Å². The first-order chi connectivity index (χ1) is 13.5. The first-order valence-electron chi connectivity index (χ1n) is 9.80. The van der Waals surface area contributed by atoms with E-state index in [9.17, 15) is 20.0 Å². The number of non-ortho nitro benzene ring substituents is 1. The van der Waals surface area contributed by atoms with E-state index in [1.165, 1.54) is 23.3 Å². The second-order valence-corrected chi connectivity index (χ2v) is 7.79. The Bertz CT molecular complexity index is 872. The zero-order valence-electron chi connectivity index (χ0n) is 15.7. The van der Waals surface area contributed by atoms with E-state index in [0.29, 0.717) is 12.0 Å². The molecule has 0 radical (unpaired) electrons. The van der Waals surface area contributed by atoms with Crippen molar-refractivity contribution < 1.29 is 14.8 Å². The maximum Gasteiger partial charge on any atom is 0.269 e. The minimum Gasteiger partial charge on any atom is -0.391 e. The van der Waals surface area contributed by atoms with Crippen LogP contribution in [0.2, 0.25) is 0 Å². The molecule has 1 saturated heterocycles. The molecule has 1 heterocycles. The maximum absolute atomic E-state index is 12.8. The van der Waals surface area contributed by atoms with E-state index in [1.807, 2.05) is 12.1 Å². The van der Waals surface area contributed by atoms with E-state index in [-0.39, 0.29) is 29.5 Å². The van der Waals surface area contributed by atoms with Gasteiger partial charge in [0.15, 0.2) is 5.78 Å². The molecule has 2 aromatic carbocycles. The highest BCUT2D eigenvalue weighted by molar-refractivity contribution is 5.98. The number of fused-ring (bicyclic) bond motifs is 1. The van der Waals surface area contributed by atoms with Crippen LogP contribution in [0.4, 0.5) is 5.69 Å². The van der Waals surface area contributed by atoms with Crippen molar-refractivity contribution in [1.29, 1.82) is 0 Å². The summed E-state index contributed by atoms with van der Waals surface area (Å²) in [6.07, 6.45) is 2.65. The number of likely N-dealkylation sites (tertiary alicyclic amines) is 1. The highest BCUT2D eigenvalue weighted by Crippen LogP contribution is 2.29.